The molecule has 0 atom stereocenters. The second-order valence-corrected chi connectivity index (χ2v) is 4.76. The van der Waals surface area contributed by atoms with Crippen LogP contribution < -0.4 is 14.8 Å². The van der Waals surface area contributed by atoms with Crippen LogP contribution in [0, 0.1) is 0 Å². The van der Waals surface area contributed by atoms with E-state index in [1.165, 1.54) is 5.56 Å². The molecule has 4 heteroatoms. The SMILES string of the molecule is COc1cc(Cc2ccccc2)c(OC)c(P=O)c1. The van der Waals surface area contributed by atoms with Crippen LogP contribution in [0.5, 0.6) is 11.5 Å². The zero-order valence-electron chi connectivity index (χ0n) is 10.9. The summed E-state index contributed by atoms with van der Waals surface area (Å²) in [5, 5.41) is 0.604. The van der Waals surface area contributed by atoms with Gasteiger partial charge in [0.2, 0.25) is 0 Å². The maximum Gasteiger partial charge on any atom is 0.196 e. The lowest BCUT2D eigenvalue weighted by molar-refractivity contribution is 0.402. The highest BCUT2D eigenvalue weighted by Gasteiger charge is 2.13. The van der Waals surface area contributed by atoms with E-state index in [1.807, 2.05) is 36.4 Å². The summed E-state index contributed by atoms with van der Waals surface area (Å²) in [5.41, 5.74) is 2.13. The Bertz CT molecular complexity index is 567. The van der Waals surface area contributed by atoms with Gasteiger partial charge < -0.3 is 9.47 Å². The summed E-state index contributed by atoms with van der Waals surface area (Å²) in [6.45, 7) is 0. The van der Waals surface area contributed by atoms with E-state index >= 15 is 0 Å². The molecule has 0 radical (unpaired) electrons. The van der Waals surface area contributed by atoms with E-state index < -0.39 is 0 Å². The van der Waals surface area contributed by atoms with Crippen molar-refractivity contribution in [1.82, 2.24) is 0 Å². The summed E-state index contributed by atoms with van der Waals surface area (Å²) in [6, 6.07) is 13.7. The zero-order chi connectivity index (χ0) is 13.7. The standard InChI is InChI=1S/C15H15O3P/c1-17-13-9-12(8-11-6-4-3-5-7-11)15(18-2)14(10-13)19-16/h3-7,9-10H,8H2,1-2H3. The van der Waals surface area contributed by atoms with E-state index in [-0.39, 0.29) is 8.46 Å². The van der Waals surface area contributed by atoms with Crippen LogP contribution >= 0.6 is 8.46 Å². The summed E-state index contributed by atoms with van der Waals surface area (Å²) in [4.78, 5) is 0. The van der Waals surface area contributed by atoms with Crippen LogP contribution in [-0.4, -0.2) is 14.2 Å². The lowest BCUT2D eigenvalue weighted by atomic mass is 10.0. The molecule has 0 bridgehead atoms. The third-order valence-electron chi connectivity index (χ3n) is 2.90. The highest BCUT2D eigenvalue weighted by Crippen LogP contribution is 2.27. The third kappa shape index (κ3) is 3.12. The van der Waals surface area contributed by atoms with E-state index in [0.717, 1.165) is 5.56 Å². The monoisotopic (exact) mass is 274 g/mol. The fourth-order valence-electron chi connectivity index (χ4n) is 2.01. The molecule has 2 rings (SSSR count). The molecule has 0 amide bonds. The van der Waals surface area contributed by atoms with Gasteiger partial charge in [-0.2, -0.15) is 0 Å². The first-order valence-corrected chi connectivity index (χ1v) is 6.72. The largest absolute Gasteiger partial charge is 0.497 e. The second-order valence-electron chi connectivity index (χ2n) is 4.09. The Hall–Kier alpha value is -1.86. The molecule has 0 saturated heterocycles. The molecule has 0 fully saturated rings. The summed E-state index contributed by atoms with van der Waals surface area (Å²) < 4.78 is 21.8. The Morgan fingerprint density at radius 1 is 1.05 bits per heavy atom. The van der Waals surface area contributed by atoms with E-state index in [0.29, 0.717) is 23.2 Å². The second kappa shape index (κ2) is 6.35. The summed E-state index contributed by atoms with van der Waals surface area (Å²) >= 11 is 0. The van der Waals surface area contributed by atoms with Gasteiger partial charge in [0, 0.05) is 12.0 Å². The molecule has 0 aromatic heterocycles. The van der Waals surface area contributed by atoms with Gasteiger partial charge in [0.25, 0.3) is 0 Å². The molecule has 98 valence electrons. The molecule has 0 spiro atoms. The molecule has 0 unspecified atom stereocenters. The van der Waals surface area contributed by atoms with Gasteiger partial charge >= 0.3 is 0 Å². The van der Waals surface area contributed by atoms with Crippen molar-refractivity contribution >= 4 is 13.8 Å². The van der Waals surface area contributed by atoms with E-state index in [2.05, 4.69) is 0 Å². The smallest absolute Gasteiger partial charge is 0.196 e. The quantitative estimate of drug-likeness (QED) is 0.785. The highest BCUT2D eigenvalue weighted by molar-refractivity contribution is 7.34. The van der Waals surface area contributed by atoms with Gasteiger partial charge in [-0.3, -0.25) is 4.57 Å². The van der Waals surface area contributed by atoms with Crippen molar-refractivity contribution in [3.8, 4) is 11.5 Å². The third-order valence-corrected chi connectivity index (χ3v) is 3.42. The maximum atomic E-state index is 11.2. The molecule has 0 saturated carbocycles. The van der Waals surface area contributed by atoms with Gasteiger partial charge in [-0.15, -0.1) is 0 Å². The molecule has 0 aliphatic rings. The van der Waals surface area contributed by atoms with Gasteiger partial charge in [0.05, 0.1) is 19.5 Å². The Balaban J connectivity index is 2.45. The van der Waals surface area contributed by atoms with E-state index in [9.17, 15) is 4.57 Å². The van der Waals surface area contributed by atoms with Crippen LogP contribution in [0.15, 0.2) is 42.5 Å². The van der Waals surface area contributed by atoms with E-state index in [4.69, 9.17) is 9.47 Å². The summed E-state index contributed by atoms with van der Waals surface area (Å²) in [7, 11) is 3.11. The van der Waals surface area contributed by atoms with Gasteiger partial charge in [-0.05, 0) is 17.7 Å². The first-order chi connectivity index (χ1) is 9.28. The Labute approximate surface area is 114 Å². The van der Waals surface area contributed by atoms with Crippen LogP contribution in [0.25, 0.3) is 0 Å². The number of hydrogen-bond donors (Lipinski definition) is 0. The highest BCUT2D eigenvalue weighted by atomic mass is 31.1. The van der Waals surface area contributed by atoms with Gasteiger partial charge in [0.1, 0.15) is 11.5 Å². The molecule has 0 aliphatic heterocycles. The van der Waals surface area contributed by atoms with Crippen molar-refractivity contribution in [2.24, 2.45) is 0 Å². The average Bonchev–Trinajstić information content (AvgIpc) is 2.47. The maximum absolute atomic E-state index is 11.2. The Morgan fingerprint density at radius 3 is 2.37 bits per heavy atom. The molecule has 2 aromatic rings. The van der Waals surface area contributed by atoms with Crippen LogP contribution in [0.3, 0.4) is 0 Å². The van der Waals surface area contributed by atoms with Crippen molar-refractivity contribution in [3.05, 3.63) is 53.6 Å². The summed E-state index contributed by atoms with van der Waals surface area (Å²) in [6.07, 6.45) is 0.712. The molecule has 0 aliphatic carbocycles. The van der Waals surface area contributed by atoms with Crippen molar-refractivity contribution in [2.45, 2.75) is 6.42 Å². The van der Waals surface area contributed by atoms with Gasteiger partial charge in [0.15, 0.2) is 8.46 Å². The lowest BCUT2D eigenvalue weighted by Gasteiger charge is -2.12. The predicted octanol–water partition coefficient (Wildman–Crippen LogP) is 3.21. The number of hydrogen-bond acceptors (Lipinski definition) is 3. The van der Waals surface area contributed by atoms with Crippen LogP contribution in [0.1, 0.15) is 11.1 Å². The van der Waals surface area contributed by atoms with Crippen LogP contribution in [0.4, 0.5) is 0 Å². The number of methoxy groups -OCH3 is 2. The first-order valence-electron chi connectivity index (χ1n) is 5.90. The molecule has 3 nitrogen and oxygen atoms in total. The number of benzene rings is 2. The minimum Gasteiger partial charge on any atom is -0.497 e. The molecular formula is C15H15O3P. The van der Waals surface area contributed by atoms with Crippen molar-refractivity contribution in [2.75, 3.05) is 14.2 Å². The van der Waals surface area contributed by atoms with Crippen LogP contribution in [-0.2, 0) is 11.0 Å². The van der Waals surface area contributed by atoms with Crippen molar-refractivity contribution < 1.29 is 14.0 Å². The molecule has 0 heterocycles. The lowest BCUT2D eigenvalue weighted by Crippen LogP contribution is -2.05. The minimum absolute atomic E-state index is 0.0718. The average molecular weight is 274 g/mol. The molecule has 0 N–H and O–H groups in total. The van der Waals surface area contributed by atoms with Gasteiger partial charge in [-0.1, -0.05) is 30.3 Å². The van der Waals surface area contributed by atoms with Gasteiger partial charge in [-0.25, -0.2) is 0 Å². The summed E-state index contributed by atoms with van der Waals surface area (Å²) in [5.74, 6) is 1.34. The molecule has 2 aromatic carbocycles. The molecule has 19 heavy (non-hydrogen) atoms. The minimum atomic E-state index is -0.0718. The van der Waals surface area contributed by atoms with E-state index in [1.54, 1.807) is 20.3 Å². The Kier molecular flexibility index (Phi) is 4.53. The first kappa shape index (κ1) is 13.6. The number of ether oxygens (including phenoxy) is 2. The number of rotatable bonds is 5. The fraction of sp³-hybridized carbons (Fsp3) is 0.200. The normalized spacial score (nSPS) is 10.4. The van der Waals surface area contributed by atoms with Crippen LogP contribution in [0.2, 0.25) is 0 Å². The Morgan fingerprint density at radius 2 is 1.79 bits per heavy atom. The molecular weight excluding hydrogens is 259 g/mol. The zero-order valence-corrected chi connectivity index (χ0v) is 11.8. The predicted molar refractivity (Wildman–Crippen MR) is 76.0 cm³/mol. The van der Waals surface area contributed by atoms with Crippen molar-refractivity contribution in [1.29, 1.82) is 0 Å². The van der Waals surface area contributed by atoms with Crippen molar-refractivity contribution in [3.63, 3.8) is 0 Å². The topological polar surface area (TPSA) is 35.5 Å². The fourth-order valence-corrected chi connectivity index (χ4v) is 2.51.